The lowest BCUT2D eigenvalue weighted by Gasteiger charge is -2.14. The van der Waals surface area contributed by atoms with E-state index in [-0.39, 0.29) is 0 Å². The smallest absolute Gasteiger partial charge is 0.120 e. The Morgan fingerprint density at radius 1 is 1.24 bits per heavy atom. The summed E-state index contributed by atoms with van der Waals surface area (Å²) in [5.41, 5.74) is 1.08. The van der Waals surface area contributed by atoms with Crippen molar-refractivity contribution < 1.29 is 4.74 Å². The number of fused-ring (bicyclic) bond motifs is 1. The van der Waals surface area contributed by atoms with Gasteiger partial charge in [-0.2, -0.15) is 0 Å². The molecule has 0 N–H and O–H groups in total. The summed E-state index contributed by atoms with van der Waals surface area (Å²) in [6, 6.07) is 9.46. The summed E-state index contributed by atoms with van der Waals surface area (Å²) in [6.07, 6.45) is 0. The maximum Gasteiger partial charge on any atom is 0.120 e. The number of thiazole rings is 1. The van der Waals surface area contributed by atoms with Gasteiger partial charge in [0.25, 0.3) is 0 Å². The van der Waals surface area contributed by atoms with Gasteiger partial charge in [0.2, 0.25) is 0 Å². The number of ether oxygens (including phenoxy) is 1. The van der Waals surface area contributed by atoms with Crippen LogP contribution >= 0.6 is 11.3 Å². The third kappa shape index (κ3) is 3.91. The fourth-order valence-electron chi connectivity index (χ4n) is 1.52. The van der Waals surface area contributed by atoms with E-state index in [1.807, 2.05) is 6.07 Å². The van der Waals surface area contributed by atoms with Crippen LogP contribution in [0.3, 0.4) is 0 Å². The average Bonchev–Trinajstić information content (AvgIpc) is 2.65. The molecule has 0 saturated heterocycles. The monoisotopic (exact) mass is 265 g/mol. The Hall–Kier alpha value is -0.713. The summed E-state index contributed by atoms with van der Waals surface area (Å²) in [7, 11) is -0.969. The van der Waals surface area contributed by atoms with Gasteiger partial charge in [-0.3, -0.25) is 0 Å². The number of nitrogens with zero attached hydrogens (tertiary/aromatic N) is 1. The van der Waals surface area contributed by atoms with Crippen LogP contribution in [0, 0.1) is 0 Å². The highest BCUT2D eigenvalue weighted by Crippen LogP contribution is 2.22. The van der Waals surface area contributed by atoms with E-state index < -0.39 is 8.07 Å². The van der Waals surface area contributed by atoms with Crippen molar-refractivity contribution in [3.05, 3.63) is 29.3 Å². The van der Waals surface area contributed by atoms with E-state index in [2.05, 4.69) is 42.8 Å². The molecular formula is C13H19NOSSi. The van der Waals surface area contributed by atoms with Gasteiger partial charge in [0, 0.05) is 14.7 Å². The molecule has 0 aliphatic rings. The zero-order valence-electron chi connectivity index (χ0n) is 10.7. The van der Waals surface area contributed by atoms with Gasteiger partial charge in [-0.1, -0.05) is 31.8 Å². The van der Waals surface area contributed by atoms with E-state index in [4.69, 9.17) is 4.74 Å². The third-order valence-corrected chi connectivity index (χ3v) is 5.27. The van der Waals surface area contributed by atoms with Crippen LogP contribution in [0.4, 0.5) is 0 Å². The van der Waals surface area contributed by atoms with Gasteiger partial charge in [0.15, 0.2) is 0 Å². The zero-order valence-corrected chi connectivity index (χ0v) is 12.5. The van der Waals surface area contributed by atoms with E-state index in [0.717, 1.165) is 17.1 Å². The van der Waals surface area contributed by atoms with Gasteiger partial charge >= 0.3 is 0 Å². The first-order chi connectivity index (χ1) is 8.04. The van der Waals surface area contributed by atoms with Crippen LogP contribution in [0.1, 0.15) is 5.01 Å². The van der Waals surface area contributed by atoms with Crippen molar-refractivity contribution in [2.75, 3.05) is 6.61 Å². The number of hydrogen-bond acceptors (Lipinski definition) is 3. The molecule has 2 nitrogen and oxygen atoms in total. The lowest BCUT2D eigenvalue weighted by molar-refractivity contribution is 0.133. The van der Waals surface area contributed by atoms with Gasteiger partial charge in [0.1, 0.15) is 5.01 Å². The number of rotatable bonds is 5. The molecule has 4 heteroatoms. The van der Waals surface area contributed by atoms with Gasteiger partial charge in [-0.15, -0.1) is 11.3 Å². The summed E-state index contributed by atoms with van der Waals surface area (Å²) >= 11 is 1.73. The molecular weight excluding hydrogens is 246 g/mol. The van der Waals surface area contributed by atoms with Gasteiger partial charge in [-0.25, -0.2) is 4.98 Å². The Labute approximate surface area is 108 Å². The van der Waals surface area contributed by atoms with E-state index in [0.29, 0.717) is 6.61 Å². The Morgan fingerprint density at radius 3 is 2.71 bits per heavy atom. The van der Waals surface area contributed by atoms with Crippen molar-refractivity contribution >= 4 is 29.6 Å². The Balaban J connectivity index is 1.87. The fourth-order valence-corrected chi connectivity index (χ4v) is 3.18. The minimum Gasteiger partial charge on any atom is -0.375 e. The number of para-hydroxylation sites is 1. The first kappa shape index (κ1) is 12.7. The molecule has 1 aromatic heterocycles. The maximum absolute atomic E-state index is 5.71. The normalized spacial score (nSPS) is 12.2. The van der Waals surface area contributed by atoms with Gasteiger partial charge in [0.05, 0.1) is 16.8 Å². The van der Waals surface area contributed by atoms with Gasteiger partial charge < -0.3 is 4.74 Å². The first-order valence-corrected chi connectivity index (χ1v) is 10.5. The van der Waals surface area contributed by atoms with Crippen molar-refractivity contribution in [3.8, 4) is 0 Å². The van der Waals surface area contributed by atoms with E-state index in [1.165, 1.54) is 10.7 Å². The number of benzene rings is 1. The van der Waals surface area contributed by atoms with Gasteiger partial charge in [-0.05, 0) is 18.2 Å². The van der Waals surface area contributed by atoms with Crippen molar-refractivity contribution in [1.82, 2.24) is 4.98 Å². The maximum atomic E-state index is 5.71. The van der Waals surface area contributed by atoms with Crippen molar-refractivity contribution in [1.29, 1.82) is 0 Å². The lowest BCUT2D eigenvalue weighted by Crippen LogP contribution is -2.21. The molecule has 0 atom stereocenters. The van der Waals surface area contributed by atoms with Crippen LogP contribution in [-0.4, -0.2) is 19.7 Å². The van der Waals surface area contributed by atoms with Crippen molar-refractivity contribution in [2.24, 2.45) is 0 Å². The molecule has 2 rings (SSSR count). The molecule has 2 aromatic rings. The predicted molar refractivity (Wildman–Crippen MR) is 77.4 cm³/mol. The molecule has 0 radical (unpaired) electrons. The second kappa shape index (κ2) is 5.29. The first-order valence-electron chi connectivity index (χ1n) is 5.97. The highest BCUT2D eigenvalue weighted by Gasteiger charge is 2.12. The SMILES string of the molecule is C[Si](C)(C)CCOCc1nc2ccccc2s1. The fraction of sp³-hybridized carbons (Fsp3) is 0.462. The molecule has 0 aliphatic heterocycles. The quantitative estimate of drug-likeness (QED) is 0.598. The molecule has 0 bridgehead atoms. The minimum absolute atomic E-state index is 0.657. The Bertz CT molecular complexity index is 456. The Kier molecular flexibility index (Phi) is 3.96. The average molecular weight is 265 g/mol. The van der Waals surface area contributed by atoms with Crippen LogP contribution in [0.2, 0.25) is 25.7 Å². The predicted octanol–water partition coefficient (Wildman–Crippen LogP) is 4.15. The molecule has 0 unspecified atom stereocenters. The highest BCUT2D eigenvalue weighted by molar-refractivity contribution is 7.18. The van der Waals surface area contributed by atoms with Crippen LogP contribution in [-0.2, 0) is 11.3 Å². The summed E-state index contributed by atoms with van der Waals surface area (Å²) in [4.78, 5) is 4.55. The molecule has 1 heterocycles. The lowest BCUT2D eigenvalue weighted by atomic mass is 10.3. The summed E-state index contributed by atoms with van der Waals surface area (Å²) < 4.78 is 6.95. The molecule has 0 spiro atoms. The Morgan fingerprint density at radius 2 is 2.00 bits per heavy atom. The van der Waals surface area contributed by atoms with Crippen molar-refractivity contribution in [2.45, 2.75) is 32.3 Å². The van der Waals surface area contributed by atoms with Crippen LogP contribution in [0.25, 0.3) is 10.2 Å². The summed E-state index contributed by atoms with van der Waals surface area (Å²) in [5.74, 6) is 0. The largest absolute Gasteiger partial charge is 0.375 e. The standard InChI is InChI=1S/C13H19NOSSi/c1-17(2,3)9-8-15-10-13-14-11-6-4-5-7-12(11)16-13/h4-7H,8-10H2,1-3H3. The molecule has 92 valence electrons. The molecule has 1 aromatic carbocycles. The molecule has 0 aliphatic carbocycles. The topological polar surface area (TPSA) is 22.1 Å². The second-order valence-corrected chi connectivity index (χ2v) is 12.2. The zero-order chi connectivity index (χ0) is 12.3. The molecule has 0 saturated carbocycles. The third-order valence-electron chi connectivity index (χ3n) is 2.56. The summed E-state index contributed by atoms with van der Waals surface area (Å²) in [6.45, 7) is 8.63. The minimum atomic E-state index is -0.969. The molecule has 17 heavy (non-hydrogen) atoms. The van der Waals surface area contributed by atoms with Crippen LogP contribution in [0.5, 0.6) is 0 Å². The number of aromatic nitrogens is 1. The molecule has 0 amide bonds. The van der Waals surface area contributed by atoms with Crippen LogP contribution in [0.15, 0.2) is 24.3 Å². The highest BCUT2D eigenvalue weighted by atomic mass is 32.1. The van der Waals surface area contributed by atoms with Crippen LogP contribution < -0.4 is 0 Å². The number of hydrogen-bond donors (Lipinski definition) is 0. The van der Waals surface area contributed by atoms with Crippen molar-refractivity contribution in [3.63, 3.8) is 0 Å². The van der Waals surface area contributed by atoms with E-state index >= 15 is 0 Å². The second-order valence-electron chi connectivity index (χ2n) is 5.44. The van der Waals surface area contributed by atoms with E-state index in [1.54, 1.807) is 11.3 Å². The summed E-state index contributed by atoms with van der Waals surface area (Å²) in [5, 5.41) is 1.08. The van der Waals surface area contributed by atoms with E-state index in [9.17, 15) is 0 Å². The molecule has 0 fully saturated rings.